The third-order valence-corrected chi connectivity index (χ3v) is 19.6. The van der Waals surface area contributed by atoms with Gasteiger partial charge in [-0.25, -0.2) is 4.79 Å². The first-order valence-electron chi connectivity index (χ1n) is 29.7. The first-order chi connectivity index (χ1) is 37.8. The van der Waals surface area contributed by atoms with Crippen LogP contribution >= 0.6 is 0 Å². The molecule has 4 aliphatic heterocycles. The summed E-state index contributed by atoms with van der Waals surface area (Å²) < 4.78 is 18.3. The van der Waals surface area contributed by atoms with Crippen LogP contribution in [0.4, 0.5) is 0 Å². The van der Waals surface area contributed by atoms with Gasteiger partial charge in [-0.15, -0.1) is 0 Å². The fourth-order valence-electron chi connectivity index (χ4n) is 14.3. The minimum absolute atomic E-state index is 0.0200. The maximum Gasteiger partial charge on any atom is 0.329 e. The number of cyclic esters (lactones) is 1. The van der Waals surface area contributed by atoms with Crippen LogP contribution in [-0.2, 0) is 65.6 Å². The molecule has 4 unspecified atom stereocenters. The second kappa shape index (κ2) is 22.2. The van der Waals surface area contributed by atoms with Crippen molar-refractivity contribution in [3.05, 3.63) is 29.3 Å². The lowest BCUT2D eigenvalue weighted by molar-refractivity contribution is -0.170. The Labute approximate surface area is 470 Å². The number of carbonyl (C=O) groups excluding carboxylic acids is 9. The lowest BCUT2D eigenvalue weighted by Gasteiger charge is -2.40. The van der Waals surface area contributed by atoms with Crippen molar-refractivity contribution in [2.45, 2.75) is 218 Å². The number of rotatable bonds is 12. The Bertz CT molecular complexity index is 2650. The number of likely N-dealkylation sites (N-methyl/N-ethyl adjacent to an activating group) is 1. The average molecular weight is 1120 g/mol. The number of hydrogen-bond donors (Lipinski definition) is 3. The van der Waals surface area contributed by atoms with Crippen LogP contribution in [0.25, 0.3) is 0 Å². The molecule has 4 heterocycles. The lowest BCUT2D eigenvalue weighted by atomic mass is 9.90. The van der Waals surface area contributed by atoms with Crippen molar-refractivity contribution in [1.82, 2.24) is 35.6 Å². The van der Waals surface area contributed by atoms with Gasteiger partial charge in [-0.2, -0.15) is 0 Å². The molecular weight excluding hydrogens is 1030 g/mol. The van der Waals surface area contributed by atoms with E-state index < -0.39 is 124 Å². The minimum Gasteiger partial charge on any atom is -0.497 e. The molecule has 8 aliphatic rings. The lowest BCUT2D eigenvalue weighted by Crippen LogP contribution is -2.59. The molecule has 0 aromatic heterocycles. The van der Waals surface area contributed by atoms with Gasteiger partial charge in [0.1, 0.15) is 58.9 Å². The number of hydrogen-bond acceptors (Lipinski definition) is 12. The summed E-state index contributed by atoms with van der Waals surface area (Å²) >= 11 is 0. The highest BCUT2D eigenvalue weighted by Gasteiger charge is 2.81. The van der Waals surface area contributed by atoms with Gasteiger partial charge in [0, 0.05) is 44.6 Å². The predicted octanol–water partition coefficient (Wildman–Crippen LogP) is 3.68. The Hall–Kier alpha value is -5.79. The Morgan fingerprint density at radius 2 is 1.60 bits per heavy atom. The average Bonchev–Trinajstić information content (AvgIpc) is 4.58. The third-order valence-electron chi connectivity index (χ3n) is 19.6. The molecule has 20 heteroatoms. The fourth-order valence-corrected chi connectivity index (χ4v) is 14.3. The molecule has 80 heavy (non-hydrogen) atoms. The van der Waals surface area contributed by atoms with Gasteiger partial charge in [0.15, 0.2) is 12.2 Å². The van der Waals surface area contributed by atoms with Gasteiger partial charge in [-0.1, -0.05) is 74.8 Å². The van der Waals surface area contributed by atoms with Crippen LogP contribution in [0.5, 0.6) is 5.75 Å². The molecule has 3 saturated heterocycles. The Kier molecular flexibility index (Phi) is 16.3. The number of methoxy groups -OCH3 is 1. The van der Waals surface area contributed by atoms with Crippen LogP contribution in [0.2, 0.25) is 0 Å². The molecule has 1 aromatic rings. The molecule has 7 fully saturated rings. The van der Waals surface area contributed by atoms with E-state index in [0.717, 1.165) is 24.0 Å². The third kappa shape index (κ3) is 10.7. The number of esters is 2. The van der Waals surface area contributed by atoms with E-state index in [1.165, 1.54) is 21.8 Å². The maximum atomic E-state index is 15.8. The highest BCUT2D eigenvalue weighted by molar-refractivity contribution is 5.98. The molecule has 0 radical (unpaired) electrons. The molecule has 440 valence electrons. The van der Waals surface area contributed by atoms with Crippen molar-refractivity contribution >= 4 is 53.3 Å². The summed E-state index contributed by atoms with van der Waals surface area (Å²) in [6, 6.07) is -0.449. The smallest absolute Gasteiger partial charge is 0.329 e. The standard InChI is InChI=1S/C60H87N7O13/c1-12-39-35(8)60(39)46(68)29-47(69)79-48(34(6)7)50(71)61-40(25-32(2)3)51(72)65-23-13-16-42(65)53(74)67-31-37-27-38(78-11)18-17-36(37)28-44(67)54(75)80-58(21-22-58)59(55(76)63-60)30-45(59)62-49(70)43(26-33(4)5)64(10)52(73)41-15-14-24-66(41)56(77)57(9)19-20-57/h17-18,27,32-35,39-46,48,68H,12-16,19-26,28-31H2,1-11H3,(H,61,71)(H,62,70)(H,63,76)/p+1/t35-,39?,40-,41-,42-,43+,44-,45?,46-,48-,59?,60?/m0/s1. The molecule has 3 spiro atoms. The normalized spacial score (nSPS) is 33.3. The molecule has 1 aromatic carbocycles. The highest BCUT2D eigenvalue weighted by atomic mass is 16.6. The number of benzene rings is 1. The predicted molar refractivity (Wildman–Crippen MR) is 293 cm³/mol. The van der Waals surface area contributed by atoms with Crippen molar-refractivity contribution in [3.8, 4) is 5.75 Å². The van der Waals surface area contributed by atoms with Crippen LogP contribution < -0.4 is 20.7 Å². The van der Waals surface area contributed by atoms with Gasteiger partial charge in [0.05, 0.1) is 7.11 Å². The number of carbonyl (C=O) groups is 9. The van der Waals surface area contributed by atoms with E-state index >= 15 is 19.2 Å². The molecular formula is C60H88N7O13+. The zero-order valence-corrected chi connectivity index (χ0v) is 48.9. The summed E-state index contributed by atoms with van der Waals surface area (Å²) in [5, 5.41) is 19.0. The summed E-state index contributed by atoms with van der Waals surface area (Å²) in [7, 11) is 3.13. The van der Waals surface area contributed by atoms with Gasteiger partial charge in [0.2, 0.25) is 35.4 Å². The van der Waals surface area contributed by atoms with Crippen molar-refractivity contribution in [3.63, 3.8) is 0 Å². The molecule has 0 bridgehead atoms. The monoisotopic (exact) mass is 1110 g/mol. The van der Waals surface area contributed by atoms with Crippen LogP contribution in [0.15, 0.2) is 18.2 Å². The molecule has 20 nitrogen and oxygen atoms in total. The van der Waals surface area contributed by atoms with Crippen molar-refractivity contribution in [2.24, 2.45) is 40.4 Å². The van der Waals surface area contributed by atoms with E-state index in [2.05, 4.69) is 16.0 Å². The molecule has 9 rings (SSSR count). The minimum atomic E-state index is -1.58. The zero-order chi connectivity index (χ0) is 58.1. The van der Waals surface area contributed by atoms with E-state index in [1.807, 2.05) is 60.6 Å². The number of nitrogens with zero attached hydrogens (tertiary/aromatic N) is 4. The summed E-state index contributed by atoms with van der Waals surface area (Å²) in [6.45, 7) is 17.6. The molecule has 4 saturated carbocycles. The summed E-state index contributed by atoms with van der Waals surface area (Å²) in [6.07, 6.45) is 1.95. The maximum absolute atomic E-state index is 15.8. The van der Waals surface area contributed by atoms with E-state index in [4.69, 9.17) is 14.2 Å². The van der Waals surface area contributed by atoms with E-state index in [-0.39, 0.29) is 87.1 Å². The van der Waals surface area contributed by atoms with Crippen LogP contribution in [0, 0.1) is 40.4 Å². The van der Waals surface area contributed by atoms with Gasteiger partial charge in [-0.3, -0.25) is 38.4 Å². The number of nitrogens with one attached hydrogen (secondary N) is 3. The molecule has 12 atom stereocenters. The largest absolute Gasteiger partial charge is 0.497 e. The van der Waals surface area contributed by atoms with E-state index in [0.29, 0.717) is 44.4 Å². The van der Waals surface area contributed by atoms with E-state index in [9.17, 15) is 29.1 Å². The number of likely N-dealkylation sites (tertiary alicyclic amines) is 1. The van der Waals surface area contributed by atoms with Gasteiger partial charge < -0.3 is 54.9 Å². The van der Waals surface area contributed by atoms with Crippen molar-refractivity contribution in [1.29, 1.82) is 0 Å². The second-order valence-corrected chi connectivity index (χ2v) is 26.3. The Morgan fingerprint density at radius 3 is 2.21 bits per heavy atom. The van der Waals surface area contributed by atoms with Crippen LogP contribution in [-0.4, -0.2) is 165 Å². The van der Waals surface area contributed by atoms with Crippen LogP contribution in [0.3, 0.4) is 0 Å². The number of ether oxygens (including phenoxy) is 3. The van der Waals surface area contributed by atoms with Gasteiger partial charge >= 0.3 is 11.9 Å². The summed E-state index contributed by atoms with van der Waals surface area (Å²) in [5.74, 6) is -5.35. The SMILES string of the molecule is CCC1[C@H](C)C12NC(=O)C1(CC1NC(=O)[C@@H](CC(C)C)N(C)C(=O)[C@@H]1CCCN1C(=O)C1(C)CC1)C1(CC1)OC(=O)[C@@H]1Cc3ccc(OC)cc3CN1C(=O)[C@@H]1CCCN1C(=O)[C@H](CC(C)C)NC(=O)[C@H](C(C)C)OC(=O)C[C@@H]2[OH2+]. The van der Waals surface area contributed by atoms with Crippen molar-refractivity contribution < 1.29 is 62.5 Å². The Morgan fingerprint density at radius 1 is 0.900 bits per heavy atom. The quantitative estimate of drug-likeness (QED) is 0.200. The molecule has 5 N–H and O–H groups in total. The summed E-state index contributed by atoms with van der Waals surface area (Å²) in [5.41, 5.74) is -3.29. The van der Waals surface area contributed by atoms with Crippen molar-refractivity contribution in [2.75, 3.05) is 27.2 Å². The second-order valence-electron chi connectivity index (χ2n) is 26.3. The van der Waals surface area contributed by atoms with E-state index in [1.54, 1.807) is 31.9 Å². The summed E-state index contributed by atoms with van der Waals surface area (Å²) in [4.78, 5) is 139. The van der Waals surface area contributed by atoms with Gasteiger partial charge in [0.25, 0.3) is 5.91 Å². The molecule has 4 aliphatic carbocycles. The topological polar surface area (TPSA) is 253 Å². The highest BCUT2D eigenvalue weighted by Crippen LogP contribution is 2.67. The first-order valence-corrected chi connectivity index (χ1v) is 29.7. The number of amides is 7. The zero-order valence-electron chi connectivity index (χ0n) is 48.9. The van der Waals surface area contributed by atoms with Crippen LogP contribution in [0.1, 0.15) is 157 Å². The Balaban J connectivity index is 1.09. The first kappa shape index (κ1) is 58.9. The number of fused-ring (bicyclic) bond motifs is 4. The molecule has 7 amide bonds. The fraction of sp³-hybridized carbons (Fsp3) is 0.750. The van der Waals surface area contributed by atoms with Gasteiger partial charge in [-0.05, 0) is 123 Å².